The van der Waals surface area contributed by atoms with Crippen molar-refractivity contribution in [3.8, 4) is 0 Å². The normalized spacial score (nSPS) is 11.5. The Morgan fingerprint density at radius 2 is 2.07 bits per heavy atom. The van der Waals surface area contributed by atoms with E-state index in [1.165, 1.54) is 6.08 Å². The molecule has 15 heavy (non-hydrogen) atoms. The SMILES string of the molecule is C/C(N)=C/C(=O)Cc1ccc(Cl)c(Cl)c1. The molecule has 2 nitrogen and oxygen atoms in total. The highest BCUT2D eigenvalue weighted by Gasteiger charge is 2.03. The van der Waals surface area contributed by atoms with Gasteiger partial charge >= 0.3 is 0 Å². The van der Waals surface area contributed by atoms with E-state index in [-0.39, 0.29) is 12.2 Å². The Bertz CT molecular complexity index is 409. The smallest absolute Gasteiger partial charge is 0.161 e. The fourth-order valence-corrected chi connectivity index (χ4v) is 1.48. The molecule has 1 rings (SSSR count). The number of carbonyl (C=O) groups excluding carboxylic acids is 1. The maximum atomic E-state index is 11.4. The quantitative estimate of drug-likeness (QED) is 0.830. The van der Waals surface area contributed by atoms with Gasteiger partial charge in [-0.25, -0.2) is 0 Å². The van der Waals surface area contributed by atoms with Gasteiger partial charge in [-0.3, -0.25) is 4.79 Å². The first kappa shape index (κ1) is 12.1. The molecule has 0 amide bonds. The van der Waals surface area contributed by atoms with Crippen molar-refractivity contribution < 1.29 is 4.79 Å². The van der Waals surface area contributed by atoms with E-state index < -0.39 is 0 Å². The lowest BCUT2D eigenvalue weighted by atomic mass is 10.1. The lowest BCUT2D eigenvalue weighted by Crippen LogP contribution is -2.02. The second-order valence-corrected chi connectivity index (χ2v) is 4.09. The summed E-state index contributed by atoms with van der Waals surface area (Å²) in [5.41, 5.74) is 6.72. The fraction of sp³-hybridized carbons (Fsp3) is 0.182. The molecule has 0 aliphatic heterocycles. The summed E-state index contributed by atoms with van der Waals surface area (Å²) in [5, 5.41) is 0.939. The molecule has 2 N–H and O–H groups in total. The van der Waals surface area contributed by atoms with Crippen molar-refractivity contribution in [3.05, 3.63) is 45.6 Å². The molecular weight excluding hydrogens is 233 g/mol. The summed E-state index contributed by atoms with van der Waals surface area (Å²) in [7, 11) is 0. The van der Waals surface area contributed by atoms with Crippen LogP contribution in [0.2, 0.25) is 10.0 Å². The predicted molar refractivity (Wildman–Crippen MR) is 63.1 cm³/mol. The number of hydrogen-bond donors (Lipinski definition) is 1. The van der Waals surface area contributed by atoms with Crippen molar-refractivity contribution in [2.45, 2.75) is 13.3 Å². The van der Waals surface area contributed by atoms with Gasteiger partial charge in [0.1, 0.15) is 0 Å². The Morgan fingerprint density at radius 3 is 2.60 bits per heavy atom. The van der Waals surface area contributed by atoms with E-state index in [2.05, 4.69) is 0 Å². The standard InChI is InChI=1S/C11H11Cl2NO/c1-7(14)4-9(15)5-8-2-3-10(12)11(13)6-8/h2-4,6H,5,14H2,1H3/b7-4-. The second kappa shape index (κ2) is 5.19. The summed E-state index contributed by atoms with van der Waals surface area (Å²) in [4.78, 5) is 11.4. The molecule has 1 aromatic rings. The molecule has 1 aromatic carbocycles. The molecule has 0 unspecified atom stereocenters. The first-order valence-electron chi connectivity index (χ1n) is 4.39. The Balaban J connectivity index is 2.78. The topological polar surface area (TPSA) is 43.1 Å². The third-order valence-electron chi connectivity index (χ3n) is 1.75. The minimum atomic E-state index is -0.0478. The Hall–Kier alpha value is -0.990. The monoisotopic (exact) mass is 243 g/mol. The third-order valence-corrected chi connectivity index (χ3v) is 2.49. The minimum Gasteiger partial charge on any atom is -0.402 e. The maximum absolute atomic E-state index is 11.4. The van der Waals surface area contributed by atoms with Gasteiger partial charge in [0.05, 0.1) is 10.0 Å². The molecule has 4 heteroatoms. The lowest BCUT2D eigenvalue weighted by Gasteiger charge is -2.00. The molecule has 0 saturated carbocycles. The highest BCUT2D eigenvalue weighted by molar-refractivity contribution is 6.42. The molecule has 0 fully saturated rings. The number of allylic oxidation sites excluding steroid dienone is 2. The largest absolute Gasteiger partial charge is 0.402 e. The number of benzene rings is 1. The number of nitrogens with two attached hydrogens (primary N) is 1. The Morgan fingerprint density at radius 1 is 1.40 bits per heavy atom. The van der Waals surface area contributed by atoms with Crippen LogP contribution in [-0.4, -0.2) is 5.78 Å². The van der Waals surface area contributed by atoms with E-state index in [4.69, 9.17) is 28.9 Å². The highest BCUT2D eigenvalue weighted by atomic mass is 35.5. The maximum Gasteiger partial charge on any atom is 0.161 e. The second-order valence-electron chi connectivity index (χ2n) is 3.28. The molecule has 0 atom stereocenters. The van der Waals surface area contributed by atoms with Crippen LogP contribution in [0.25, 0.3) is 0 Å². The van der Waals surface area contributed by atoms with Crippen LogP contribution in [0.15, 0.2) is 30.0 Å². The van der Waals surface area contributed by atoms with E-state index in [0.29, 0.717) is 15.7 Å². The highest BCUT2D eigenvalue weighted by Crippen LogP contribution is 2.22. The van der Waals surface area contributed by atoms with Gasteiger partial charge in [-0.1, -0.05) is 29.3 Å². The van der Waals surface area contributed by atoms with Gasteiger partial charge < -0.3 is 5.73 Å². The Kier molecular flexibility index (Phi) is 4.18. The van der Waals surface area contributed by atoms with E-state index in [9.17, 15) is 4.79 Å². The summed E-state index contributed by atoms with van der Waals surface area (Å²) < 4.78 is 0. The third kappa shape index (κ3) is 3.94. The molecule has 0 aliphatic rings. The van der Waals surface area contributed by atoms with Crippen molar-refractivity contribution in [3.63, 3.8) is 0 Å². The molecular formula is C11H11Cl2NO. The zero-order chi connectivity index (χ0) is 11.4. The minimum absolute atomic E-state index is 0.0478. The van der Waals surface area contributed by atoms with E-state index >= 15 is 0 Å². The van der Waals surface area contributed by atoms with E-state index in [0.717, 1.165) is 5.56 Å². The Labute approximate surface area is 98.7 Å². The fourth-order valence-electron chi connectivity index (χ4n) is 1.16. The summed E-state index contributed by atoms with van der Waals surface area (Å²) >= 11 is 11.6. The zero-order valence-electron chi connectivity index (χ0n) is 8.26. The molecule has 0 spiro atoms. The van der Waals surface area contributed by atoms with Crippen LogP contribution in [0, 0.1) is 0 Å². The van der Waals surface area contributed by atoms with Crippen molar-refractivity contribution in [1.82, 2.24) is 0 Å². The van der Waals surface area contributed by atoms with E-state index in [1.54, 1.807) is 25.1 Å². The van der Waals surface area contributed by atoms with Gasteiger partial charge in [-0.2, -0.15) is 0 Å². The molecule has 0 bridgehead atoms. The van der Waals surface area contributed by atoms with Crippen LogP contribution in [0.4, 0.5) is 0 Å². The van der Waals surface area contributed by atoms with Gasteiger partial charge in [0, 0.05) is 12.1 Å². The summed E-state index contributed by atoms with van der Waals surface area (Å²) in [5.74, 6) is -0.0478. The molecule has 0 aromatic heterocycles. The van der Waals surface area contributed by atoms with Gasteiger partial charge in [-0.15, -0.1) is 0 Å². The average Bonchev–Trinajstić information content (AvgIpc) is 2.10. The van der Waals surface area contributed by atoms with Crippen LogP contribution in [0.1, 0.15) is 12.5 Å². The summed E-state index contributed by atoms with van der Waals surface area (Å²) in [6, 6.07) is 5.12. The first-order chi connectivity index (χ1) is 6.99. The van der Waals surface area contributed by atoms with Crippen LogP contribution in [0.5, 0.6) is 0 Å². The molecule has 80 valence electrons. The number of carbonyl (C=O) groups is 1. The van der Waals surface area contributed by atoms with Crippen molar-refractivity contribution >= 4 is 29.0 Å². The number of halogens is 2. The van der Waals surface area contributed by atoms with Gasteiger partial charge in [0.25, 0.3) is 0 Å². The number of hydrogen-bond acceptors (Lipinski definition) is 2. The molecule has 0 radical (unpaired) electrons. The zero-order valence-corrected chi connectivity index (χ0v) is 9.77. The van der Waals surface area contributed by atoms with Crippen molar-refractivity contribution in [2.75, 3.05) is 0 Å². The molecule has 0 aliphatic carbocycles. The van der Waals surface area contributed by atoms with Gasteiger partial charge in [0.2, 0.25) is 0 Å². The van der Waals surface area contributed by atoms with Crippen molar-refractivity contribution in [2.24, 2.45) is 5.73 Å². The van der Waals surface area contributed by atoms with Crippen LogP contribution in [-0.2, 0) is 11.2 Å². The predicted octanol–water partition coefficient (Wildman–Crippen LogP) is 2.97. The van der Waals surface area contributed by atoms with Gasteiger partial charge in [-0.05, 0) is 30.7 Å². The van der Waals surface area contributed by atoms with Crippen LogP contribution >= 0.6 is 23.2 Å². The number of ketones is 1. The lowest BCUT2D eigenvalue weighted by molar-refractivity contribution is -0.114. The van der Waals surface area contributed by atoms with Crippen LogP contribution in [0.3, 0.4) is 0 Å². The summed E-state index contributed by atoms with van der Waals surface area (Å²) in [6.07, 6.45) is 1.69. The van der Waals surface area contributed by atoms with Gasteiger partial charge in [0.15, 0.2) is 5.78 Å². The van der Waals surface area contributed by atoms with E-state index in [1.807, 2.05) is 0 Å². The molecule has 0 saturated heterocycles. The average molecular weight is 244 g/mol. The number of rotatable bonds is 3. The molecule has 0 heterocycles. The summed E-state index contributed by atoms with van der Waals surface area (Å²) in [6.45, 7) is 1.67. The van der Waals surface area contributed by atoms with Crippen molar-refractivity contribution in [1.29, 1.82) is 0 Å². The van der Waals surface area contributed by atoms with Crippen LogP contribution < -0.4 is 5.73 Å². The first-order valence-corrected chi connectivity index (χ1v) is 5.15.